The van der Waals surface area contributed by atoms with E-state index in [0.717, 1.165) is 5.56 Å². The first-order valence-corrected chi connectivity index (χ1v) is 7.81. The zero-order valence-corrected chi connectivity index (χ0v) is 14.7. The second-order valence-electron chi connectivity index (χ2n) is 5.44. The van der Waals surface area contributed by atoms with Crippen molar-refractivity contribution in [3.63, 3.8) is 0 Å². The molecule has 6 heteroatoms. The van der Waals surface area contributed by atoms with Crippen molar-refractivity contribution < 1.29 is 23.9 Å². The molecule has 0 bridgehead atoms. The molecule has 2 aromatic rings. The van der Waals surface area contributed by atoms with Crippen LogP contribution in [0.1, 0.15) is 33.2 Å². The van der Waals surface area contributed by atoms with Crippen molar-refractivity contribution in [3.05, 3.63) is 70.8 Å². The minimum Gasteiger partial charge on any atom is -0.465 e. The fourth-order valence-electron chi connectivity index (χ4n) is 2.27. The molecule has 0 atom stereocenters. The fraction of sp³-hybridized carbons (Fsp3) is 0.150. The van der Waals surface area contributed by atoms with Crippen LogP contribution in [0.3, 0.4) is 0 Å². The average Bonchev–Trinajstić information content (AvgIpc) is 2.67. The predicted molar refractivity (Wildman–Crippen MR) is 97.8 cm³/mol. The molecule has 0 aliphatic heterocycles. The lowest BCUT2D eigenvalue weighted by atomic mass is 10.1. The standard InChI is InChI=1S/C20H19NO5/c1-13(11-14-7-5-4-6-8-14)18(22)21-17-12-15(19(23)25-2)9-10-16(17)20(24)26-3/h4-12H,1-3H3,(H,21,22)/b13-11+. The van der Waals surface area contributed by atoms with Gasteiger partial charge in [0.15, 0.2) is 0 Å². The Labute approximate surface area is 151 Å². The van der Waals surface area contributed by atoms with Crippen LogP contribution in [-0.2, 0) is 14.3 Å². The van der Waals surface area contributed by atoms with Gasteiger partial charge in [0.05, 0.1) is 31.0 Å². The van der Waals surface area contributed by atoms with Crippen LogP contribution in [0.25, 0.3) is 6.08 Å². The van der Waals surface area contributed by atoms with E-state index in [-0.39, 0.29) is 16.8 Å². The number of ether oxygens (including phenoxy) is 2. The molecule has 0 aromatic heterocycles. The highest BCUT2D eigenvalue weighted by Crippen LogP contribution is 2.21. The Hall–Kier alpha value is -3.41. The zero-order valence-electron chi connectivity index (χ0n) is 14.7. The van der Waals surface area contributed by atoms with Crippen LogP contribution < -0.4 is 5.32 Å². The molecule has 0 radical (unpaired) electrons. The van der Waals surface area contributed by atoms with Crippen LogP contribution in [-0.4, -0.2) is 32.1 Å². The summed E-state index contributed by atoms with van der Waals surface area (Å²) in [6.45, 7) is 1.66. The molecule has 0 spiro atoms. The van der Waals surface area contributed by atoms with Crippen LogP contribution in [0.2, 0.25) is 0 Å². The number of carbonyl (C=O) groups is 3. The smallest absolute Gasteiger partial charge is 0.339 e. The zero-order chi connectivity index (χ0) is 19.1. The van der Waals surface area contributed by atoms with Crippen molar-refractivity contribution in [2.75, 3.05) is 19.5 Å². The van der Waals surface area contributed by atoms with Crippen LogP contribution in [0.5, 0.6) is 0 Å². The molecular formula is C20H19NO5. The van der Waals surface area contributed by atoms with E-state index in [1.807, 2.05) is 30.3 Å². The summed E-state index contributed by atoms with van der Waals surface area (Å²) in [5, 5.41) is 2.65. The molecule has 0 heterocycles. The molecule has 26 heavy (non-hydrogen) atoms. The number of esters is 2. The Balaban J connectivity index is 2.33. The molecule has 0 saturated heterocycles. The maximum Gasteiger partial charge on any atom is 0.339 e. The number of rotatable bonds is 5. The van der Waals surface area contributed by atoms with E-state index in [1.165, 1.54) is 32.4 Å². The number of methoxy groups -OCH3 is 2. The quantitative estimate of drug-likeness (QED) is 0.659. The molecule has 0 saturated carbocycles. The van der Waals surface area contributed by atoms with Crippen LogP contribution in [0, 0.1) is 0 Å². The van der Waals surface area contributed by atoms with Crippen molar-refractivity contribution in [2.24, 2.45) is 0 Å². The summed E-state index contributed by atoms with van der Waals surface area (Å²) in [7, 11) is 2.49. The van der Waals surface area contributed by atoms with Gasteiger partial charge < -0.3 is 14.8 Å². The molecule has 0 unspecified atom stereocenters. The van der Waals surface area contributed by atoms with E-state index in [2.05, 4.69) is 10.1 Å². The van der Waals surface area contributed by atoms with Crippen molar-refractivity contribution in [3.8, 4) is 0 Å². The Bertz CT molecular complexity index is 856. The Kier molecular flexibility index (Phi) is 6.27. The first-order chi connectivity index (χ1) is 12.5. The minimum atomic E-state index is -0.624. The number of anilines is 1. The predicted octanol–water partition coefficient (Wildman–Crippen LogP) is 3.30. The number of hydrogen-bond donors (Lipinski definition) is 1. The highest BCUT2D eigenvalue weighted by Gasteiger charge is 2.17. The molecule has 2 aromatic carbocycles. The molecule has 1 amide bonds. The number of benzene rings is 2. The Morgan fingerprint density at radius 1 is 0.923 bits per heavy atom. The topological polar surface area (TPSA) is 81.7 Å². The van der Waals surface area contributed by atoms with Gasteiger partial charge >= 0.3 is 11.9 Å². The van der Waals surface area contributed by atoms with Crippen molar-refractivity contribution >= 4 is 29.6 Å². The summed E-state index contributed by atoms with van der Waals surface area (Å²) < 4.78 is 9.39. The van der Waals surface area contributed by atoms with Gasteiger partial charge in [0, 0.05) is 5.57 Å². The van der Waals surface area contributed by atoms with Crippen molar-refractivity contribution in [1.82, 2.24) is 0 Å². The molecule has 134 valence electrons. The third-order valence-corrected chi connectivity index (χ3v) is 3.64. The van der Waals surface area contributed by atoms with E-state index >= 15 is 0 Å². The van der Waals surface area contributed by atoms with Gasteiger partial charge in [-0.1, -0.05) is 30.3 Å². The van der Waals surface area contributed by atoms with Crippen LogP contribution >= 0.6 is 0 Å². The lowest BCUT2D eigenvalue weighted by molar-refractivity contribution is -0.112. The van der Waals surface area contributed by atoms with Crippen molar-refractivity contribution in [2.45, 2.75) is 6.92 Å². The first kappa shape index (κ1) is 18.9. The van der Waals surface area contributed by atoms with E-state index in [9.17, 15) is 14.4 Å². The minimum absolute atomic E-state index is 0.140. The molecule has 6 nitrogen and oxygen atoms in total. The maximum absolute atomic E-state index is 12.5. The Morgan fingerprint density at radius 3 is 2.19 bits per heavy atom. The van der Waals surface area contributed by atoms with E-state index < -0.39 is 17.8 Å². The van der Waals surface area contributed by atoms with Gasteiger partial charge in [0.25, 0.3) is 5.91 Å². The fourth-order valence-corrected chi connectivity index (χ4v) is 2.27. The highest BCUT2D eigenvalue weighted by molar-refractivity contribution is 6.10. The van der Waals surface area contributed by atoms with Gasteiger partial charge in [-0.25, -0.2) is 9.59 Å². The van der Waals surface area contributed by atoms with Gasteiger partial charge in [-0.05, 0) is 36.8 Å². The number of carbonyl (C=O) groups excluding carboxylic acids is 3. The lowest BCUT2D eigenvalue weighted by Gasteiger charge is -2.11. The normalized spacial score (nSPS) is 10.8. The van der Waals surface area contributed by atoms with Gasteiger partial charge in [-0.15, -0.1) is 0 Å². The van der Waals surface area contributed by atoms with Crippen LogP contribution in [0.15, 0.2) is 54.1 Å². The van der Waals surface area contributed by atoms with E-state index in [1.54, 1.807) is 13.0 Å². The largest absolute Gasteiger partial charge is 0.465 e. The molecular weight excluding hydrogens is 334 g/mol. The summed E-state index contributed by atoms with van der Waals surface area (Å²) in [6, 6.07) is 13.6. The summed E-state index contributed by atoms with van der Waals surface area (Å²) in [5.74, 6) is -1.60. The Morgan fingerprint density at radius 2 is 1.58 bits per heavy atom. The number of amides is 1. The summed E-state index contributed by atoms with van der Waals surface area (Å²) >= 11 is 0. The van der Waals surface area contributed by atoms with Gasteiger partial charge in [0.2, 0.25) is 0 Å². The third-order valence-electron chi connectivity index (χ3n) is 3.64. The van der Waals surface area contributed by atoms with Gasteiger partial charge in [-0.3, -0.25) is 4.79 Å². The molecule has 1 N–H and O–H groups in total. The molecule has 0 aliphatic carbocycles. The monoisotopic (exact) mass is 353 g/mol. The lowest BCUT2D eigenvalue weighted by Crippen LogP contribution is -2.17. The number of nitrogens with one attached hydrogen (secondary N) is 1. The number of hydrogen-bond acceptors (Lipinski definition) is 5. The molecule has 0 fully saturated rings. The summed E-state index contributed by atoms with van der Waals surface area (Å²) in [4.78, 5) is 36.1. The molecule has 0 aliphatic rings. The summed E-state index contributed by atoms with van der Waals surface area (Å²) in [5.41, 5.74) is 1.83. The molecule has 2 rings (SSSR count). The van der Waals surface area contributed by atoms with Gasteiger partial charge in [-0.2, -0.15) is 0 Å². The van der Waals surface area contributed by atoms with Crippen LogP contribution in [0.4, 0.5) is 5.69 Å². The maximum atomic E-state index is 12.5. The third kappa shape index (κ3) is 4.57. The van der Waals surface area contributed by atoms with Crippen molar-refractivity contribution in [1.29, 1.82) is 0 Å². The average molecular weight is 353 g/mol. The van der Waals surface area contributed by atoms with Gasteiger partial charge in [0.1, 0.15) is 0 Å². The second-order valence-corrected chi connectivity index (χ2v) is 5.44. The van der Waals surface area contributed by atoms with E-state index in [0.29, 0.717) is 5.57 Å². The first-order valence-electron chi connectivity index (χ1n) is 7.81. The SMILES string of the molecule is COC(=O)c1ccc(C(=O)OC)c(NC(=O)/C(C)=C/c2ccccc2)c1. The van der Waals surface area contributed by atoms with E-state index in [4.69, 9.17) is 4.74 Å². The highest BCUT2D eigenvalue weighted by atomic mass is 16.5. The second kappa shape index (κ2) is 8.62. The summed E-state index contributed by atoms with van der Waals surface area (Å²) in [6.07, 6.45) is 1.72.